The highest BCUT2D eigenvalue weighted by Crippen LogP contribution is 2.24. The molecule has 2 aromatic carbocycles. The molecule has 0 aliphatic carbocycles. The van der Waals surface area contributed by atoms with E-state index in [0.29, 0.717) is 5.95 Å². The molecular weight excluding hydrogens is 388 g/mol. The van der Waals surface area contributed by atoms with Gasteiger partial charge in [-0.1, -0.05) is 36.4 Å². The van der Waals surface area contributed by atoms with E-state index < -0.39 is 0 Å². The van der Waals surface area contributed by atoms with Crippen LogP contribution in [0.15, 0.2) is 79.5 Å². The van der Waals surface area contributed by atoms with Crippen LogP contribution in [-0.4, -0.2) is 36.0 Å². The molecule has 0 saturated carbocycles. The molecule has 0 aliphatic heterocycles. The van der Waals surface area contributed by atoms with Crippen molar-refractivity contribution in [3.63, 3.8) is 0 Å². The van der Waals surface area contributed by atoms with Gasteiger partial charge in [0.05, 0.1) is 11.0 Å². The molecule has 0 bridgehead atoms. The molecule has 8 nitrogen and oxygen atoms in total. The van der Waals surface area contributed by atoms with Crippen LogP contribution in [0.3, 0.4) is 0 Å². The molecule has 3 N–H and O–H groups in total. The highest BCUT2D eigenvalue weighted by molar-refractivity contribution is 5.83. The van der Waals surface area contributed by atoms with Gasteiger partial charge in [0.15, 0.2) is 0 Å². The lowest BCUT2D eigenvalue weighted by Crippen LogP contribution is -2.09. The molecule has 3 heterocycles. The third kappa shape index (κ3) is 4.04. The van der Waals surface area contributed by atoms with Gasteiger partial charge >= 0.3 is 0 Å². The normalized spacial score (nSPS) is 11.0. The maximum absolute atomic E-state index is 5.58. The summed E-state index contributed by atoms with van der Waals surface area (Å²) in [5.41, 5.74) is 10.5. The lowest BCUT2D eigenvalue weighted by Gasteiger charge is -2.08. The van der Waals surface area contributed by atoms with E-state index in [9.17, 15) is 0 Å². The van der Waals surface area contributed by atoms with E-state index >= 15 is 0 Å². The number of aromatic nitrogens is 6. The predicted molar refractivity (Wildman–Crippen MR) is 121 cm³/mol. The molecule has 0 amide bonds. The van der Waals surface area contributed by atoms with E-state index in [2.05, 4.69) is 42.4 Å². The molecule has 8 heteroatoms. The van der Waals surface area contributed by atoms with Crippen molar-refractivity contribution in [1.82, 2.24) is 29.5 Å². The van der Waals surface area contributed by atoms with Crippen LogP contribution < -0.4 is 11.1 Å². The molecule has 5 aromatic rings. The number of nitrogens with two attached hydrogens (primary N) is 1. The van der Waals surface area contributed by atoms with E-state index in [4.69, 9.17) is 5.73 Å². The molecule has 0 aliphatic rings. The Hall–Kier alpha value is -4.33. The van der Waals surface area contributed by atoms with Crippen molar-refractivity contribution in [3.8, 4) is 16.9 Å². The standard InChI is InChI=1S/C23H20N8/c24-22-27-13-18(14-28-22)17-6-7-20-19(12-17)29-15-31(20)21-9-11-26-23(30-21)25-10-8-16-4-2-1-3-5-16/h1-7,9,11-15H,8,10H2,(H2,24,27,28)(H,25,26,30). The van der Waals surface area contributed by atoms with E-state index in [-0.39, 0.29) is 5.95 Å². The fourth-order valence-corrected chi connectivity index (χ4v) is 3.39. The Morgan fingerprint density at radius 1 is 0.871 bits per heavy atom. The number of nitrogens with one attached hydrogen (secondary N) is 1. The predicted octanol–water partition coefficient (Wildman–Crippen LogP) is 3.51. The Morgan fingerprint density at radius 3 is 2.55 bits per heavy atom. The van der Waals surface area contributed by atoms with Crippen LogP contribution in [0.5, 0.6) is 0 Å². The van der Waals surface area contributed by atoms with Crippen LogP contribution in [0.25, 0.3) is 28.0 Å². The second kappa shape index (κ2) is 8.19. The zero-order valence-corrected chi connectivity index (χ0v) is 16.7. The first-order valence-corrected chi connectivity index (χ1v) is 9.92. The van der Waals surface area contributed by atoms with Gasteiger partial charge in [-0.15, -0.1) is 0 Å². The Kier molecular flexibility index (Phi) is 4.94. The van der Waals surface area contributed by atoms with Crippen LogP contribution in [-0.2, 0) is 6.42 Å². The van der Waals surface area contributed by atoms with Gasteiger partial charge in [0, 0.05) is 30.7 Å². The summed E-state index contributed by atoms with van der Waals surface area (Å²) in [4.78, 5) is 21.7. The molecule has 0 atom stereocenters. The van der Waals surface area contributed by atoms with Crippen LogP contribution in [0.2, 0.25) is 0 Å². The van der Waals surface area contributed by atoms with Gasteiger partial charge in [-0.3, -0.25) is 4.57 Å². The largest absolute Gasteiger partial charge is 0.368 e. The first-order chi connectivity index (χ1) is 15.3. The van der Waals surface area contributed by atoms with Gasteiger partial charge in [0.25, 0.3) is 0 Å². The smallest absolute Gasteiger partial charge is 0.224 e. The first kappa shape index (κ1) is 18.7. The summed E-state index contributed by atoms with van der Waals surface area (Å²) in [7, 11) is 0. The number of fused-ring (bicyclic) bond motifs is 1. The number of rotatable bonds is 6. The topological polar surface area (TPSA) is 107 Å². The molecule has 0 spiro atoms. The third-order valence-electron chi connectivity index (χ3n) is 4.98. The molecule has 5 rings (SSSR count). The second-order valence-corrected chi connectivity index (χ2v) is 7.05. The molecule has 0 radical (unpaired) electrons. The Labute approximate surface area is 178 Å². The van der Waals surface area contributed by atoms with Crippen molar-refractivity contribution in [1.29, 1.82) is 0 Å². The third-order valence-corrected chi connectivity index (χ3v) is 4.98. The molecule has 3 aromatic heterocycles. The average Bonchev–Trinajstić information content (AvgIpc) is 3.24. The maximum atomic E-state index is 5.58. The zero-order valence-electron chi connectivity index (χ0n) is 16.7. The number of imidazole rings is 1. The van der Waals surface area contributed by atoms with Crippen molar-refractivity contribution < 1.29 is 0 Å². The van der Waals surface area contributed by atoms with Crippen molar-refractivity contribution >= 4 is 22.9 Å². The first-order valence-electron chi connectivity index (χ1n) is 9.92. The summed E-state index contributed by atoms with van der Waals surface area (Å²) in [6.45, 7) is 0.755. The molecule has 0 fully saturated rings. The number of hydrogen-bond acceptors (Lipinski definition) is 7. The molecule has 152 valence electrons. The molecule has 31 heavy (non-hydrogen) atoms. The fraction of sp³-hybridized carbons (Fsp3) is 0.0870. The summed E-state index contributed by atoms with van der Waals surface area (Å²) in [5.74, 6) is 1.60. The summed E-state index contributed by atoms with van der Waals surface area (Å²) in [5, 5.41) is 3.30. The monoisotopic (exact) mass is 408 g/mol. The van der Waals surface area contributed by atoms with Gasteiger partial charge in [0.2, 0.25) is 11.9 Å². The van der Waals surface area contributed by atoms with E-state index in [1.807, 2.05) is 47.0 Å². The average molecular weight is 408 g/mol. The van der Waals surface area contributed by atoms with Crippen LogP contribution >= 0.6 is 0 Å². The summed E-state index contributed by atoms with van der Waals surface area (Å²) in [6.07, 6.45) is 7.83. The highest BCUT2D eigenvalue weighted by atomic mass is 15.2. The molecule has 0 saturated heterocycles. The maximum Gasteiger partial charge on any atom is 0.224 e. The Balaban J connectivity index is 1.36. The zero-order chi connectivity index (χ0) is 21.0. The summed E-state index contributed by atoms with van der Waals surface area (Å²) < 4.78 is 1.95. The number of benzene rings is 2. The fourth-order valence-electron chi connectivity index (χ4n) is 3.39. The van der Waals surface area contributed by atoms with Crippen molar-refractivity contribution in [2.24, 2.45) is 0 Å². The quantitative estimate of drug-likeness (QED) is 0.443. The van der Waals surface area contributed by atoms with E-state index in [0.717, 1.165) is 40.9 Å². The van der Waals surface area contributed by atoms with Crippen LogP contribution in [0, 0.1) is 0 Å². The highest BCUT2D eigenvalue weighted by Gasteiger charge is 2.09. The number of nitrogen functional groups attached to an aromatic ring is 1. The van der Waals surface area contributed by atoms with Crippen molar-refractivity contribution in [2.45, 2.75) is 6.42 Å². The van der Waals surface area contributed by atoms with Crippen LogP contribution in [0.4, 0.5) is 11.9 Å². The summed E-state index contributed by atoms with van der Waals surface area (Å²) >= 11 is 0. The van der Waals surface area contributed by atoms with Gasteiger partial charge in [0.1, 0.15) is 12.1 Å². The minimum absolute atomic E-state index is 0.256. The number of anilines is 2. The van der Waals surface area contributed by atoms with Crippen molar-refractivity contribution in [3.05, 3.63) is 85.1 Å². The van der Waals surface area contributed by atoms with Crippen LogP contribution in [0.1, 0.15) is 5.56 Å². The minimum Gasteiger partial charge on any atom is -0.368 e. The second-order valence-electron chi connectivity index (χ2n) is 7.05. The Morgan fingerprint density at radius 2 is 1.71 bits per heavy atom. The van der Waals surface area contributed by atoms with Gasteiger partial charge in [-0.05, 0) is 35.7 Å². The van der Waals surface area contributed by atoms with E-state index in [1.54, 1.807) is 24.9 Å². The van der Waals surface area contributed by atoms with Crippen molar-refractivity contribution in [2.75, 3.05) is 17.6 Å². The molecular formula is C23H20N8. The summed E-state index contributed by atoms with van der Waals surface area (Å²) in [6, 6.07) is 18.2. The van der Waals surface area contributed by atoms with Gasteiger partial charge in [-0.2, -0.15) is 4.98 Å². The van der Waals surface area contributed by atoms with Gasteiger partial charge in [-0.25, -0.2) is 19.9 Å². The van der Waals surface area contributed by atoms with E-state index in [1.165, 1.54) is 5.56 Å². The van der Waals surface area contributed by atoms with Gasteiger partial charge < -0.3 is 11.1 Å². The number of nitrogens with zero attached hydrogens (tertiary/aromatic N) is 6. The minimum atomic E-state index is 0.256. The lowest BCUT2D eigenvalue weighted by atomic mass is 10.1. The number of hydrogen-bond donors (Lipinski definition) is 2. The lowest BCUT2D eigenvalue weighted by molar-refractivity contribution is 0.953. The molecule has 0 unspecified atom stereocenters. The Bertz CT molecular complexity index is 1310. The SMILES string of the molecule is Nc1ncc(-c2ccc3c(c2)ncn3-c2ccnc(NCCc3ccccc3)n2)cn1.